The van der Waals surface area contributed by atoms with Gasteiger partial charge in [-0.25, -0.2) is 0 Å². The second kappa shape index (κ2) is 25.7. The molecule has 0 aromatic heterocycles. The zero-order valence-electron chi connectivity index (χ0n) is 44.4. The fraction of sp³-hybridized carbons (Fsp3) is 0.846. The Morgan fingerprint density at radius 3 is 1.79 bits per heavy atom. The van der Waals surface area contributed by atoms with Crippen LogP contribution < -0.4 is 0 Å². The lowest BCUT2D eigenvalue weighted by Crippen LogP contribution is -2.46. The maximum atomic E-state index is 13.6. The summed E-state index contributed by atoms with van der Waals surface area (Å²) in [6.45, 7) is 51.0. The quantitative estimate of drug-likeness (QED) is 0.0256. The van der Waals surface area contributed by atoms with E-state index in [0.29, 0.717) is 29.9 Å². The monoisotopic (exact) mass is 932 g/mol. The summed E-state index contributed by atoms with van der Waals surface area (Å²) in [5, 5.41) is 11.0. The molecule has 0 bridgehead atoms. The Bertz CT molecular complexity index is 1440. The Labute approximate surface area is 389 Å². The third-order valence-corrected chi connectivity index (χ3v) is 30.7. The van der Waals surface area contributed by atoms with E-state index >= 15 is 0 Å². The summed E-state index contributed by atoms with van der Waals surface area (Å²) in [4.78, 5) is 13.6. The van der Waals surface area contributed by atoms with Crippen LogP contribution in [0.15, 0.2) is 36.5 Å². The molecule has 6 nitrogen and oxygen atoms in total. The third kappa shape index (κ3) is 19.0. The highest BCUT2D eigenvalue weighted by atomic mass is 28.4. The second-order valence-corrected chi connectivity index (χ2v) is 43.9. The smallest absolute Gasteiger partial charge is 0.309 e. The lowest BCUT2D eigenvalue weighted by atomic mass is 9.82. The Balaban J connectivity index is 3.38. The first-order chi connectivity index (χ1) is 28.4. The molecule has 0 aromatic rings. The van der Waals surface area contributed by atoms with E-state index in [-0.39, 0.29) is 52.1 Å². The number of hydrogen-bond acceptors (Lipinski definition) is 6. The van der Waals surface area contributed by atoms with Gasteiger partial charge >= 0.3 is 5.97 Å². The predicted molar refractivity (Wildman–Crippen MR) is 279 cm³/mol. The average Bonchev–Trinajstić information content (AvgIpc) is 3.64. The van der Waals surface area contributed by atoms with Gasteiger partial charge in [0.1, 0.15) is 0 Å². The number of nitrogens with zero attached hydrogens (tertiary/aromatic N) is 1. The molecule has 1 fully saturated rings. The van der Waals surface area contributed by atoms with Crippen LogP contribution in [0.1, 0.15) is 141 Å². The SMILES string of the molecule is C=CC[C@H](O[Si](C)(C)C(C)(C)C)[C@@H](C)C[C@@H](C)C[C@@H](C)C[C@H](C)[C@@H](O[Si](C)(C)C(C)(C)C)/C(C#N)=C\C=C\C[C@H](O[Si](CC)(CC)CC)[C@@H]1CCC[C@H]1C(=O)OCC[Si](C)(C)C. The fourth-order valence-corrected chi connectivity index (χ4v) is 15.4. The fourth-order valence-electron chi connectivity index (χ4n) is 9.02. The van der Waals surface area contributed by atoms with Crippen LogP contribution in [0.4, 0.5) is 0 Å². The average molecular weight is 933 g/mol. The van der Waals surface area contributed by atoms with Crippen molar-refractivity contribution in [1.29, 1.82) is 5.26 Å². The van der Waals surface area contributed by atoms with E-state index in [1.807, 2.05) is 12.2 Å². The summed E-state index contributed by atoms with van der Waals surface area (Å²) < 4.78 is 27.4. The number of rotatable bonds is 28. The summed E-state index contributed by atoms with van der Waals surface area (Å²) in [6.07, 6.45) is 15.9. The molecule has 0 N–H and O–H groups in total. The first kappa shape index (κ1) is 58.9. The van der Waals surface area contributed by atoms with Crippen LogP contribution in [0, 0.1) is 46.8 Å². The summed E-state index contributed by atoms with van der Waals surface area (Å²) in [6, 6.07) is 6.81. The third-order valence-electron chi connectivity index (χ3n) is 15.4. The number of carbonyl (C=O) groups is 1. The van der Waals surface area contributed by atoms with Gasteiger partial charge in [0.25, 0.3) is 0 Å². The summed E-state index contributed by atoms with van der Waals surface area (Å²) in [5.74, 6) is 1.65. The molecule has 0 unspecified atom stereocenters. The van der Waals surface area contributed by atoms with E-state index in [1.165, 1.54) is 0 Å². The van der Waals surface area contributed by atoms with Gasteiger partial charge in [-0.15, -0.1) is 6.58 Å². The maximum absolute atomic E-state index is 13.6. The topological polar surface area (TPSA) is 77.8 Å². The molecular formula is C52H101NO5Si4. The number of esters is 1. The van der Waals surface area contributed by atoms with Gasteiger partial charge in [0, 0.05) is 8.07 Å². The Morgan fingerprint density at radius 1 is 0.774 bits per heavy atom. The molecule has 0 heterocycles. The molecule has 0 amide bonds. The van der Waals surface area contributed by atoms with Crippen molar-refractivity contribution in [1.82, 2.24) is 0 Å². The van der Waals surface area contributed by atoms with Gasteiger partial charge in [0.15, 0.2) is 25.0 Å². The molecule has 1 saturated carbocycles. The Hall–Kier alpha value is -1.07. The molecular weight excluding hydrogens is 831 g/mol. The van der Waals surface area contributed by atoms with Gasteiger partial charge in [-0.2, -0.15) is 5.26 Å². The first-order valence-electron chi connectivity index (χ1n) is 25.0. The second-order valence-electron chi connectivity index (χ2n) is 24.1. The Morgan fingerprint density at radius 2 is 1.31 bits per heavy atom. The zero-order valence-corrected chi connectivity index (χ0v) is 48.4. The molecule has 1 aliphatic rings. The minimum Gasteiger partial charge on any atom is -0.466 e. The van der Waals surface area contributed by atoms with E-state index in [1.54, 1.807) is 0 Å². The molecule has 0 aliphatic heterocycles. The standard InChI is InChI=1S/C52H101NO5Si4/c1-22-29-47(56-60(18,19)51(9,10)11)42(7)37-40(5)36-41(6)38-43(8)49(58-61(20,21)52(12,13)14)44(39-53)30-26-27-33-48(57-62(23-2,24-3)25-4)45-31-28-32-46(45)50(54)55-34-35-59(15,16)17/h22,26-27,30,40-43,45-49H,1,23-25,28-29,31-38H2,2-21H3/b27-26+,44-30-/t40-,41+,42-,43-,45+,46+,47-,48-,49+/m0/s1. The van der Waals surface area contributed by atoms with Crippen LogP contribution >= 0.6 is 0 Å². The van der Waals surface area contributed by atoms with Crippen molar-refractivity contribution in [2.75, 3.05) is 6.61 Å². The number of carbonyl (C=O) groups excluding carboxylic acids is 1. The van der Waals surface area contributed by atoms with Crippen molar-refractivity contribution in [3.05, 3.63) is 36.5 Å². The van der Waals surface area contributed by atoms with Crippen LogP contribution in [0.2, 0.25) is 80.1 Å². The molecule has 0 saturated heterocycles. The van der Waals surface area contributed by atoms with Gasteiger partial charge < -0.3 is 18.0 Å². The van der Waals surface area contributed by atoms with Crippen molar-refractivity contribution in [2.45, 2.75) is 240 Å². The van der Waals surface area contributed by atoms with Crippen LogP contribution in [0.25, 0.3) is 0 Å². The minimum absolute atomic E-state index is 0.0124. The number of ether oxygens (including phenoxy) is 1. The van der Waals surface area contributed by atoms with E-state index in [9.17, 15) is 10.1 Å². The molecule has 0 radical (unpaired) electrons. The van der Waals surface area contributed by atoms with Crippen molar-refractivity contribution < 1.29 is 22.8 Å². The van der Waals surface area contributed by atoms with Crippen molar-refractivity contribution in [3.63, 3.8) is 0 Å². The number of allylic oxidation sites excluding steroid dienone is 2. The first-order valence-corrected chi connectivity index (χ1v) is 37.1. The van der Waals surface area contributed by atoms with Gasteiger partial charge in [0.05, 0.1) is 42.5 Å². The summed E-state index contributed by atoms with van der Waals surface area (Å²) in [5.41, 5.74) is 0.698. The van der Waals surface area contributed by atoms with Crippen molar-refractivity contribution >= 4 is 39.0 Å². The molecule has 0 aromatic carbocycles. The number of nitriles is 1. The zero-order chi connectivity index (χ0) is 47.9. The van der Waals surface area contributed by atoms with Crippen molar-refractivity contribution in [2.24, 2.45) is 35.5 Å². The highest BCUT2D eigenvalue weighted by Crippen LogP contribution is 2.43. The highest BCUT2D eigenvalue weighted by Gasteiger charge is 2.44. The lowest BCUT2D eigenvalue weighted by Gasteiger charge is -2.41. The van der Waals surface area contributed by atoms with Gasteiger partial charge in [-0.3, -0.25) is 4.79 Å². The Kier molecular flexibility index (Phi) is 24.5. The van der Waals surface area contributed by atoms with Crippen molar-refractivity contribution in [3.8, 4) is 6.07 Å². The van der Waals surface area contributed by atoms with E-state index in [4.69, 9.17) is 18.0 Å². The van der Waals surface area contributed by atoms with Gasteiger partial charge in [-0.1, -0.05) is 134 Å². The molecule has 9 atom stereocenters. The van der Waals surface area contributed by atoms with Crippen LogP contribution in [0.5, 0.6) is 0 Å². The van der Waals surface area contributed by atoms with Gasteiger partial charge in [0.2, 0.25) is 0 Å². The molecule has 1 rings (SSSR count). The normalized spacial score (nSPS) is 20.9. The van der Waals surface area contributed by atoms with E-state index < -0.39 is 33.0 Å². The molecule has 360 valence electrons. The van der Waals surface area contributed by atoms with Crippen LogP contribution in [0.3, 0.4) is 0 Å². The maximum Gasteiger partial charge on any atom is 0.309 e. The van der Waals surface area contributed by atoms with E-state index in [2.05, 4.69) is 161 Å². The van der Waals surface area contributed by atoms with E-state index in [0.717, 1.165) is 75.5 Å². The van der Waals surface area contributed by atoms with Crippen LogP contribution in [-0.2, 0) is 22.8 Å². The summed E-state index contributed by atoms with van der Waals surface area (Å²) in [7, 11) is -7.40. The molecule has 0 spiro atoms. The highest BCUT2D eigenvalue weighted by molar-refractivity contribution is 6.76. The summed E-state index contributed by atoms with van der Waals surface area (Å²) >= 11 is 0. The largest absolute Gasteiger partial charge is 0.466 e. The number of hydrogen-bond donors (Lipinski definition) is 0. The molecule has 62 heavy (non-hydrogen) atoms. The van der Waals surface area contributed by atoms with Crippen LogP contribution in [-0.4, -0.2) is 63.9 Å². The van der Waals surface area contributed by atoms with Gasteiger partial charge in [-0.05, 0) is 141 Å². The lowest BCUT2D eigenvalue weighted by molar-refractivity contribution is -0.150. The minimum atomic E-state index is -2.22. The predicted octanol–water partition coefficient (Wildman–Crippen LogP) is 16.1. The molecule has 1 aliphatic carbocycles. The molecule has 10 heteroatoms.